The van der Waals surface area contributed by atoms with Gasteiger partial charge in [-0.3, -0.25) is 4.79 Å². The van der Waals surface area contributed by atoms with Crippen LogP contribution >= 0.6 is 0 Å². The maximum Gasteiger partial charge on any atom is 0.284 e. The molecule has 1 aliphatic carbocycles. The second-order valence-corrected chi connectivity index (χ2v) is 4.44. The van der Waals surface area contributed by atoms with Gasteiger partial charge in [0.15, 0.2) is 5.82 Å². The number of aliphatic hydroxyl groups is 1. The summed E-state index contributed by atoms with van der Waals surface area (Å²) in [7, 11) is 0. The lowest BCUT2D eigenvalue weighted by molar-refractivity contribution is 0.0974. The van der Waals surface area contributed by atoms with Gasteiger partial charge < -0.3 is 15.4 Å². The lowest BCUT2D eigenvalue weighted by Crippen LogP contribution is -2.26. The number of aliphatic hydroxyl groups excluding tert-OH is 1. The molecule has 0 fully saturated rings. The average molecular weight is 243 g/mol. The maximum atomic E-state index is 11.3. The fraction of sp³-hybridized carbons (Fsp3) is 0.231. The smallest absolute Gasteiger partial charge is 0.284 e. The standard InChI is InChI=1S/C13H13N3O2/c14-12(18)13-15-5-6-16(13)11-9-4-2-1-3-8(9)7-10(11)17/h1-6,10-11,17H,7H2,(H2,14,18)/t10-,11+/m1/s1. The summed E-state index contributed by atoms with van der Waals surface area (Å²) in [5, 5.41) is 10.2. The molecule has 3 rings (SSSR count). The molecule has 2 atom stereocenters. The number of fused-ring (bicyclic) bond motifs is 1. The number of primary amides is 1. The quantitative estimate of drug-likeness (QED) is 0.805. The second-order valence-electron chi connectivity index (χ2n) is 4.44. The molecule has 3 N–H and O–H groups in total. The highest BCUT2D eigenvalue weighted by Gasteiger charge is 2.33. The third-order valence-electron chi connectivity index (χ3n) is 3.36. The number of carbonyl (C=O) groups is 1. The molecular formula is C13H13N3O2. The second kappa shape index (κ2) is 3.96. The van der Waals surface area contributed by atoms with E-state index in [0.29, 0.717) is 6.42 Å². The Hall–Kier alpha value is -2.14. The third kappa shape index (κ3) is 1.52. The van der Waals surface area contributed by atoms with Gasteiger partial charge in [-0.1, -0.05) is 24.3 Å². The SMILES string of the molecule is NC(=O)c1nccn1[C@H]1c2ccccc2C[C@H]1O. The van der Waals surface area contributed by atoms with E-state index >= 15 is 0 Å². The largest absolute Gasteiger partial charge is 0.390 e. The van der Waals surface area contributed by atoms with Crippen molar-refractivity contribution in [3.8, 4) is 0 Å². The van der Waals surface area contributed by atoms with Gasteiger partial charge in [0.05, 0.1) is 12.1 Å². The Morgan fingerprint density at radius 1 is 1.44 bits per heavy atom. The Balaban J connectivity index is 2.12. The Morgan fingerprint density at radius 3 is 3.00 bits per heavy atom. The summed E-state index contributed by atoms with van der Waals surface area (Å²) in [6.07, 6.45) is 3.22. The highest BCUT2D eigenvalue weighted by molar-refractivity contribution is 5.89. The molecule has 0 aliphatic heterocycles. The number of carbonyl (C=O) groups excluding carboxylic acids is 1. The van der Waals surface area contributed by atoms with Gasteiger partial charge in [0.1, 0.15) is 0 Å². The van der Waals surface area contributed by atoms with Crippen molar-refractivity contribution < 1.29 is 9.90 Å². The third-order valence-corrected chi connectivity index (χ3v) is 3.36. The fourth-order valence-corrected chi connectivity index (χ4v) is 2.62. The predicted octanol–water partition coefficient (Wildman–Crippen LogP) is 0.488. The Morgan fingerprint density at radius 2 is 2.22 bits per heavy atom. The minimum absolute atomic E-state index is 0.177. The minimum Gasteiger partial charge on any atom is -0.390 e. The molecule has 1 aromatic carbocycles. The molecule has 0 spiro atoms. The normalized spacial score (nSPS) is 21.8. The molecule has 18 heavy (non-hydrogen) atoms. The van der Waals surface area contributed by atoms with Crippen molar-refractivity contribution >= 4 is 5.91 Å². The van der Waals surface area contributed by atoms with E-state index in [-0.39, 0.29) is 11.9 Å². The van der Waals surface area contributed by atoms with E-state index in [4.69, 9.17) is 5.73 Å². The van der Waals surface area contributed by atoms with E-state index in [1.807, 2.05) is 24.3 Å². The Kier molecular flexibility index (Phi) is 2.41. The van der Waals surface area contributed by atoms with Crippen molar-refractivity contribution in [1.82, 2.24) is 9.55 Å². The summed E-state index contributed by atoms with van der Waals surface area (Å²) in [5.41, 5.74) is 7.40. The summed E-state index contributed by atoms with van der Waals surface area (Å²) in [5.74, 6) is -0.410. The summed E-state index contributed by atoms with van der Waals surface area (Å²) >= 11 is 0. The van der Waals surface area contributed by atoms with Gasteiger partial charge in [0, 0.05) is 18.8 Å². The van der Waals surface area contributed by atoms with Gasteiger partial charge in [0.2, 0.25) is 0 Å². The van der Waals surface area contributed by atoms with Gasteiger partial charge >= 0.3 is 0 Å². The molecule has 0 bridgehead atoms. The molecule has 1 aromatic heterocycles. The van der Waals surface area contributed by atoms with Crippen LogP contribution in [0.25, 0.3) is 0 Å². The van der Waals surface area contributed by atoms with Crippen LogP contribution in [0.4, 0.5) is 0 Å². The molecule has 0 saturated carbocycles. The highest BCUT2D eigenvalue weighted by Crippen LogP contribution is 2.34. The van der Waals surface area contributed by atoms with Crippen molar-refractivity contribution in [2.24, 2.45) is 5.73 Å². The molecule has 1 aliphatic rings. The number of imidazole rings is 1. The number of nitrogens with zero attached hydrogens (tertiary/aromatic N) is 2. The summed E-state index contributed by atoms with van der Waals surface area (Å²) < 4.78 is 1.65. The first-order chi connectivity index (χ1) is 8.68. The van der Waals surface area contributed by atoms with Crippen molar-refractivity contribution in [2.75, 3.05) is 0 Å². The number of hydrogen-bond donors (Lipinski definition) is 2. The Bertz CT molecular complexity index is 606. The molecule has 0 radical (unpaired) electrons. The van der Waals surface area contributed by atoms with Crippen molar-refractivity contribution in [3.05, 3.63) is 53.6 Å². The van der Waals surface area contributed by atoms with Crippen LogP contribution < -0.4 is 5.73 Å². The number of aromatic nitrogens is 2. The topological polar surface area (TPSA) is 81.1 Å². The van der Waals surface area contributed by atoms with E-state index in [0.717, 1.165) is 11.1 Å². The monoisotopic (exact) mass is 243 g/mol. The lowest BCUT2D eigenvalue weighted by Gasteiger charge is -2.19. The lowest BCUT2D eigenvalue weighted by atomic mass is 10.1. The number of amides is 1. The molecule has 0 saturated heterocycles. The molecule has 2 aromatic rings. The van der Waals surface area contributed by atoms with E-state index in [2.05, 4.69) is 4.98 Å². The minimum atomic E-state index is -0.586. The summed E-state index contributed by atoms with van der Waals surface area (Å²) in [6, 6.07) is 7.52. The van der Waals surface area contributed by atoms with Crippen LogP contribution in [-0.2, 0) is 6.42 Å². The number of rotatable bonds is 2. The predicted molar refractivity (Wildman–Crippen MR) is 65.0 cm³/mol. The molecule has 0 unspecified atom stereocenters. The van der Waals surface area contributed by atoms with Crippen LogP contribution in [0.1, 0.15) is 27.8 Å². The maximum absolute atomic E-state index is 11.3. The van der Waals surface area contributed by atoms with E-state index in [1.165, 1.54) is 6.20 Å². The van der Waals surface area contributed by atoms with Gasteiger partial charge in [-0.2, -0.15) is 0 Å². The van der Waals surface area contributed by atoms with Crippen LogP contribution in [-0.4, -0.2) is 26.7 Å². The van der Waals surface area contributed by atoms with Crippen molar-refractivity contribution in [1.29, 1.82) is 0 Å². The molecule has 92 valence electrons. The van der Waals surface area contributed by atoms with E-state index in [9.17, 15) is 9.90 Å². The zero-order chi connectivity index (χ0) is 12.7. The number of benzene rings is 1. The molecule has 5 heteroatoms. The Labute approximate surface area is 104 Å². The molecular weight excluding hydrogens is 230 g/mol. The van der Waals surface area contributed by atoms with E-state index < -0.39 is 12.0 Å². The molecule has 5 nitrogen and oxygen atoms in total. The number of nitrogens with two attached hydrogens (primary N) is 1. The van der Waals surface area contributed by atoms with Crippen molar-refractivity contribution in [3.63, 3.8) is 0 Å². The van der Waals surface area contributed by atoms with Gasteiger partial charge in [-0.05, 0) is 11.1 Å². The first-order valence-electron chi connectivity index (χ1n) is 5.77. The van der Waals surface area contributed by atoms with Crippen molar-refractivity contribution in [2.45, 2.75) is 18.6 Å². The molecule has 1 heterocycles. The first-order valence-corrected chi connectivity index (χ1v) is 5.77. The summed E-state index contributed by atoms with van der Waals surface area (Å²) in [6.45, 7) is 0. The van der Waals surface area contributed by atoms with Crippen LogP contribution in [0.2, 0.25) is 0 Å². The van der Waals surface area contributed by atoms with Crippen LogP contribution in [0, 0.1) is 0 Å². The number of hydrogen-bond acceptors (Lipinski definition) is 3. The fourth-order valence-electron chi connectivity index (χ4n) is 2.62. The van der Waals surface area contributed by atoms with Crippen LogP contribution in [0.15, 0.2) is 36.7 Å². The zero-order valence-electron chi connectivity index (χ0n) is 9.65. The summed E-state index contributed by atoms with van der Waals surface area (Å²) in [4.78, 5) is 15.3. The van der Waals surface area contributed by atoms with E-state index in [1.54, 1.807) is 10.8 Å². The molecule has 1 amide bonds. The van der Waals surface area contributed by atoms with Crippen LogP contribution in [0.5, 0.6) is 0 Å². The zero-order valence-corrected chi connectivity index (χ0v) is 9.65. The highest BCUT2D eigenvalue weighted by atomic mass is 16.3. The van der Waals surface area contributed by atoms with Gasteiger partial charge in [-0.15, -0.1) is 0 Å². The van der Waals surface area contributed by atoms with Gasteiger partial charge in [0.25, 0.3) is 5.91 Å². The first kappa shape index (κ1) is 11.0. The average Bonchev–Trinajstić information content (AvgIpc) is 2.91. The van der Waals surface area contributed by atoms with Gasteiger partial charge in [-0.25, -0.2) is 4.98 Å². The van der Waals surface area contributed by atoms with Crippen LogP contribution in [0.3, 0.4) is 0 Å².